The van der Waals surface area contributed by atoms with E-state index >= 15 is 0 Å². The number of carbonyl (C=O) groups excluding carboxylic acids is 1. The lowest BCUT2D eigenvalue weighted by Crippen LogP contribution is -2.46. The highest BCUT2D eigenvalue weighted by Crippen LogP contribution is 2.17. The van der Waals surface area contributed by atoms with Crippen molar-refractivity contribution in [2.45, 2.75) is 24.9 Å². The molecule has 0 aromatic rings. The number of nitrogens with zero attached hydrogens (tertiary/aromatic N) is 1. The summed E-state index contributed by atoms with van der Waals surface area (Å²) in [7, 11) is -1.36. The SMILES string of the molecule is C=CCC(N)C(=O)N(C)C1CCS(=O)(=O)C1. The molecule has 92 valence electrons. The molecule has 1 heterocycles. The topological polar surface area (TPSA) is 80.5 Å². The second-order valence-corrected chi connectivity index (χ2v) is 6.37. The van der Waals surface area contributed by atoms with Gasteiger partial charge in [0.15, 0.2) is 9.84 Å². The Bertz CT molecular complexity index is 378. The summed E-state index contributed by atoms with van der Waals surface area (Å²) in [4.78, 5) is 13.2. The largest absolute Gasteiger partial charge is 0.340 e. The lowest BCUT2D eigenvalue weighted by Gasteiger charge is -2.25. The number of rotatable bonds is 4. The monoisotopic (exact) mass is 246 g/mol. The molecule has 2 unspecified atom stereocenters. The Labute approximate surface area is 96.2 Å². The maximum absolute atomic E-state index is 11.8. The number of nitrogens with two attached hydrogens (primary N) is 1. The van der Waals surface area contributed by atoms with Gasteiger partial charge in [-0.3, -0.25) is 4.79 Å². The maximum Gasteiger partial charge on any atom is 0.239 e. The van der Waals surface area contributed by atoms with Crippen LogP contribution in [0.5, 0.6) is 0 Å². The molecule has 6 heteroatoms. The molecule has 2 N–H and O–H groups in total. The molecule has 5 nitrogen and oxygen atoms in total. The van der Waals surface area contributed by atoms with Gasteiger partial charge in [0.1, 0.15) is 0 Å². The third kappa shape index (κ3) is 3.05. The van der Waals surface area contributed by atoms with Crippen LogP contribution in [0, 0.1) is 0 Å². The molecule has 1 fully saturated rings. The Kier molecular flexibility index (Phi) is 4.09. The van der Waals surface area contributed by atoms with E-state index in [1.807, 2.05) is 0 Å². The molecule has 0 saturated carbocycles. The fourth-order valence-corrected chi connectivity index (χ4v) is 3.58. The molecule has 1 aliphatic rings. The van der Waals surface area contributed by atoms with Crippen molar-refractivity contribution in [1.29, 1.82) is 0 Å². The van der Waals surface area contributed by atoms with Crippen molar-refractivity contribution in [1.82, 2.24) is 4.90 Å². The quantitative estimate of drug-likeness (QED) is 0.680. The van der Waals surface area contributed by atoms with Crippen molar-refractivity contribution in [3.05, 3.63) is 12.7 Å². The summed E-state index contributed by atoms with van der Waals surface area (Å²) in [5.74, 6) is -0.0100. The van der Waals surface area contributed by atoms with E-state index in [0.29, 0.717) is 12.8 Å². The van der Waals surface area contributed by atoms with Gasteiger partial charge in [-0.1, -0.05) is 6.08 Å². The maximum atomic E-state index is 11.8. The molecule has 0 aliphatic carbocycles. The minimum Gasteiger partial charge on any atom is -0.340 e. The molecule has 0 radical (unpaired) electrons. The normalized spacial score (nSPS) is 25.0. The first-order valence-corrected chi connectivity index (χ1v) is 7.03. The van der Waals surface area contributed by atoms with Crippen LogP contribution in [0.2, 0.25) is 0 Å². The first-order chi connectivity index (χ1) is 7.37. The van der Waals surface area contributed by atoms with E-state index in [1.165, 1.54) is 4.90 Å². The van der Waals surface area contributed by atoms with Gasteiger partial charge >= 0.3 is 0 Å². The molecule has 0 spiro atoms. The van der Waals surface area contributed by atoms with Gasteiger partial charge in [-0.05, 0) is 12.8 Å². The third-order valence-corrected chi connectivity index (χ3v) is 4.59. The molecule has 0 aromatic carbocycles. The van der Waals surface area contributed by atoms with E-state index in [1.54, 1.807) is 13.1 Å². The van der Waals surface area contributed by atoms with Crippen molar-refractivity contribution in [2.24, 2.45) is 5.73 Å². The van der Waals surface area contributed by atoms with Gasteiger partial charge < -0.3 is 10.6 Å². The van der Waals surface area contributed by atoms with Crippen molar-refractivity contribution in [3.8, 4) is 0 Å². The minimum atomic E-state index is -2.97. The van der Waals surface area contributed by atoms with E-state index in [4.69, 9.17) is 5.73 Å². The van der Waals surface area contributed by atoms with E-state index in [9.17, 15) is 13.2 Å². The van der Waals surface area contributed by atoms with E-state index in [0.717, 1.165) is 0 Å². The Hall–Kier alpha value is -0.880. The highest BCUT2D eigenvalue weighted by molar-refractivity contribution is 7.91. The zero-order chi connectivity index (χ0) is 12.3. The summed E-state index contributed by atoms with van der Waals surface area (Å²) < 4.78 is 22.6. The van der Waals surface area contributed by atoms with Gasteiger partial charge in [0.2, 0.25) is 5.91 Å². The molecular formula is C10H18N2O3S. The van der Waals surface area contributed by atoms with Crippen LogP contribution >= 0.6 is 0 Å². The number of hydrogen-bond donors (Lipinski definition) is 1. The summed E-state index contributed by atoms with van der Waals surface area (Å²) in [6, 6.07) is -0.848. The molecule has 0 bridgehead atoms. The first-order valence-electron chi connectivity index (χ1n) is 5.21. The van der Waals surface area contributed by atoms with Crippen LogP contribution in [0.3, 0.4) is 0 Å². The second kappa shape index (κ2) is 4.97. The van der Waals surface area contributed by atoms with E-state index in [2.05, 4.69) is 6.58 Å². The van der Waals surface area contributed by atoms with Crippen LogP contribution in [-0.2, 0) is 14.6 Å². The van der Waals surface area contributed by atoms with Crippen LogP contribution in [0.1, 0.15) is 12.8 Å². The Morgan fingerprint density at radius 3 is 2.75 bits per heavy atom. The first kappa shape index (κ1) is 13.2. The van der Waals surface area contributed by atoms with Gasteiger partial charge in [0.25, 0.3) is 0 Å². The van der Waals surface area contributed by atoms with Crippen LogP contribution in [-0.4, -0.2) is 49.9 Å². The minimum absolute atomic E-state index is 0.0516. The van der Waals surface area contributed by atoms with Gasteiger partial charge in [-0.2, -0.15) is 0 Å². The third-order valence-electron chi connectivity index (χ3n) is 2.84. The number of carbonyl (C=O) groups is 1. The number of likely N-dealkylation sites (N-methyl/N-ethyl adjacent to an activating group) is 1. The molecule has 1 aliphatic heterocycles. The predicted octanol–water partition coefficient (Wildman–Crippen LogP) is -0.465. The summed E-state index contributed by atoms with van der Waals surface area (Å²) in [5.41, 5.74) is 5.65. The highest BCUT2D eigenvalue weighted by atomic mass is 32.2. The van der Waals surface area contributed by atoms with Crippen LogP contribution < -0.4 is 5.73 Å². The predicted molar refractivity (Wildman–Crippen MR) is 62.6 cm³/mol. The second-order valence-electron chi connectivity index (χ2n) is 4.14. The summed E-state index contributed by atoms with van der Waals surface area (Å²) in [6.07, 6.45) is 2.50. The van der Waals surface area contributed by atoms with Crippen LogP contribution in [0.25, 0.3) is 0 Å². The molecule has 1 amide bonds. The summed E-state index contributed by atoms with van der Waals surface area (Å²) >= 11 is 0. The fourth-order valence-electron chi connectivity index (χ4n) is 1.80. The average molecular weight is 246 g/mol. The van der Waals surface area contributed by atoms with E-state index in [-0.39, 0.29) is 23.5 Å². The fraction of sp³-hybridized carbons (Fsp3) is 0.700. The van der Waals surface area contributed by atoms with Gasteiger partial charge in [-0.25, -0.2) is 8.42 Å². The van der Waals surface area contributed by atoms with Crippen molar-refractivity contribution in [2.75, 3.05) is 18.6 Å². The Morgan fingerprint density at radius 2 is 2.31 bits per heavy atom. The standard InChI is InChI=1S/C10H18N2O3S/c1-3-4-9(11)10(13)12(2)8-5-6-16(14,15)7-8/h3,8-9H,1,4-7,11H2,2H3. The van der Waals surface area contributed by atoms with Gasteiger partial charge in [-0.15, -0.1) is 6.58 Å². The Morgan fingerprint density at radius 1 is 1.69 bits per heavy atom. The van der Waals surface area contributed by atoms with Crippen molar-refractivity contribution >= 4 is 15.7 Å². The molecular weight excluding hydrogens is 228 g/mol. The van der Waals surface area contributed by atoms with Crippen LogP contribution in [0.15, 0.2) is 12.7 Å². The lowest BCUT2D eigenvalue weighted by atomic mass is 10.1. The summed E-state index contributed by atoms with van der Waals surface area (Å²) in [6.45, 7) is 3.52. The van der Waals surface area contributed by atoms with Crippen LogP contribution in [0.4, 0.5) is 0 Å². The molecule has 1 saturated heterocycles. The van der Waals surface area contributed by atoms with Gasteiger partial charge in [0.05, 0.1) is 17.5 Å². The zero-order valence-electron chi connectivity index (χ0n) is 9.43. The molecule has 16 heavy (non-hydrogen) atoms. The number of hydrogen-bond acceptors (Lipinski definition) is 4. The molecule has 0 aromatic heterocycles. The van der Waals surface area contributed by atoms with E-state index < -0.39 is 15.9 Å². The molecule has 2 atom stereocenters. The average Bonchev–Trinajstić information content (AvgIpc) is 2.57. The molecule has 1 rings (SSSR count). The van der Waals surface area contributed by atoms with Crippen molar-refractivity contribution in [3.63, 3.8) is 0 Å². The van der Waals surface area contributed by atoms with Crippen molar-refractivity contribution < 1.29 is 13.2 Å². The smallest absolute Gasteiger partial charge is 0.239 e. The van der Waals surface area contributed by atoms with Gasteiger partial charge in [0, 0.05) is 13.1 Å². The lowest BCUT2D eigenvalue weighted by molar-refractivity contribution is -0.132. The zero-order valence-corrected chi connectivity index (χ0v) is 10.2. The number of amides is 1. The number of sulfone groups is 1. The Balaban J connectivity index is 2.61. The summed E-state index contributed by atoms with van der Waals surface area (Å²) in [5, 5.41) is 0. The highest BCUT2D eigenvalue weighted by Gasteiger charge is 2.33.